The van der Waals surface area contributed by atoms with Crippen LogP contribution in [0.5, 0.6) is 0 Å². The van der Waals surface area contributed by atoms with Crippen LogP contribution in [0.4, 0.5) is 11.4 Å². The molecular weight excluding hydrogens is 296 g/mol. The number of nitrogens with zero attached hydrogens (tertiary/aromatic N) is 1. The van der Waals surface area contributed by atoms with Crippen molar-refractivity contribution in [1.82, 2.24) is 0 Å². The summed E-state index contributed by atoms with van der Waals surface area (Å²) in [7, 11) is 0. The molecule has 1 N–H and O–H groups in total. The van der Waals surface area contributed by atoms with E-state index in [0.29, 0.717) is 6.42 Å². The van der Waals surface area contributed by atoms with E-state index < -0.39 is 0 Å². The molecule has 1 amide bonds. The minimum Gasteiger partial charge on any atom is -0.372 e. The van der Waals surface area contributed by atoms with Gasteiger partial charge in [-0.05, 0) is 55.0 Å². The zero-order valence-corrected chi connectivity index (χ0v) is 14.4. The van der Waals surface area contributed by atoms with Gasteiger partial charge in [0.2, 0.25) is 5.91 Å². The van der Waals surface area contributed by atoms with Crippen LogP contribution >= 0.6 is 0 Å². The van der Waals surface area contributed by atoms with Gasteiger partial charge in [0.15, 0.2) is 0 Å². The van der Waals surface area contributed by atoms with Gasteiger partial charge in [0.05, 0.1) is 0 Å². The van der Waals surface area contributed by atoms with Crippen LogP contribution in [0.3, 0.4) is 0 Å². The molecule has 0 aliphatic carbocycles. The van der Waals surface area contributed by atoms with Crippen molar-refractivity contribution in [2.24, 2.45) is 5.92 Å². The third-order valence-corrected chi connectivity index (χ3v) is 4.78. The maximum atomic E-state index is 12.1. The summed E-state index contributed by atoms with van der Waals surface area (Å²) >= 11 is 0. The van der Waals surface area contributed by atoms with Crippen molar-refractivity contribution in [3.05, 3.63) is 60.2 Å². The number of aryl methyl sites for hydroxylation is 1. The maximum Gasteiger partial charge on any atom is 0.224 e. The molecule has 1 aliphatic rings. The van der Waals surface area contributed by atoms with E-state index in [1.54, 1.807) is 0 Å². The molecule has 1 saturated heterocycles. The van der Waals surface area contributed by atoms with E-state index in [0.717, 1.165) is 31.1 Å². The molecule has 0 bridgehead atoms. The first-order valence-electron chi connectivity index (χ1n) is 8.89. The number of hydrogen-bond donors (Lipinski definition) is 1. The highest BCUT2D eigenvalue weighted by Crippen LogP contribution is 2.24. The SMILES string of the molecule is CC1CCN(c2ccc(NC(=O)CCc3ccccc3)cc2)CC1. The molecule has 1 fully saturated rings. The monoisotopic (exact) mass is 322 g/mol. The van der Waals surface area contributed by atoms with E-state index in [1.165, 1.54) is 24.1 Å². The second kappa shape index (κ2) is 8.00. The number of carbonyl (C=O) groups excluding carboxylic acids is 1. The molecule has 2 aromatic rings. The van der Waals surface area contributed by atoms with Crippen LogP contribution in [0.1, 0.15) is 31.7 Å². The molecule has 3 heteroatoms. The molecule has 0 unspecified atom stereocenters. The minimum absolute atomic E-state index is 0.0680. The molecule has 1 aliphatic heterocycles. The van der Waals surface area contributed by atoms with Crippen LogP contribution in [0, 0.1) is 5.92 Å². The van der Waals surface area contributed by atoms with Gasteiger partial charge in [-0.2, -0.15) is 0 Å². The fraction of sp³-hybridized carbons (Fsp3) is 0.381. The number of benzene rings is 2. The molecule has 0 saturated carbocycles. The van der Waals surface area contributed by atoms with Gasteiger partial charge in [0.25, 0.3) is 0 Å². The summed E-state index contributed by atoms with van der Waals surface area (Å²) in [6, 6.07) is 18.4. The lowest BCUT2D eigenvalue weighted by molar-refractivity contribution is -0.116. The summed E-state index contributed by atoms with van der Waals surface area (Å²) < 4.78 is 0. The Kier molecular flexibility index (Phi) is 5.52. The quantitative estimate of drug-likeness (QED) is 0.879. The van der Waals surface area contributed by atoms with E-state index >= 15 is 0 Å². The number of hydrogen-bond acceptors (Lipinski definition) is 2. The van der Waals surface area contributed by atoms with Crippen LogP contribution in [-0.4, -0.2) is 19.0 Å². The molecule has 0 aromatic heterocycles. The molecule has 2 aromatic carbocycles. The molecule has 1 heterocycles. The lowest BCUT2D eigenvalue weighted by Gasteiger charge is -2.32. The largest absolute Gasteiger partial charge is 0.372 e. The Balaban J connectivity index is 1.49. The predicted octanol–water partition coefficient (Wildman–Crippen LogP) is 4.49. The van der Waals surface area contributed by atoms with Crippen molar-refractivity contribution in [2.45, 2.75) is 32.6 Å². The molecule has 0 atom stereocenters. The fourth-order valence-corrected chi connectivity index (χ4v) is 3.15. The van der Waals surface area contributed by atoms with Gasteiger partial charge in [-0.3, -0.25) is 4.79 Å². The van der Waals surface area contributed by atoms with Crippen LogP contribution < -0.4 is 10.2 Å². The van der Waals surface area contributed by atoms with E-state index in [9.17, 15) is 4.79 Å². The fourth-order valence-electron chi connectivity index (χ4n) is 3.15. The average Bonchev–Trinajstić information content (AvgIpc) is 2.62. The van der Waals surface area contributed by atoms with E-state index in [1.807, 2.05) is 30.3 Å². The van der Waals surface area contributed by atoms with Gasteiger partial charge in [0, 0.05) is 30.9 Å². The standard InChI is InChI=1S/C21H26N2O/c1-17-13-15-23(16-14-17)20-10-8-19(9-11-20)22-21(24)12-7-18-5-3-2-4-6-18/h2-6,8-11,17H,7,12-16H2,1H3,(H,22,24). The van der Waals surface area contributed by atoms with E-state index in [4.69, 9.17) is 0 Å². The molecular formula is C21H26N2O. The topological polar surface area (TPSA) is 32.3 Å². The van der Waals surface area contributed by atoms with Crippen molar-refractivity contribution in [2.75, 3.05) is 23.3 Å². The number of rotatable bonds is 5. The van der Waals surface area contributed by atoms with Crippen molar-refractivity contribution < 1.29 is 4.79 Å². The first-order valence-corrected chi connectivity index (χ1v) is 8.89. The number of nitrogens with one attached hydrogen (secondary N) is 1. The van der Waals surface area contributed by atoms with Crippen LogP contribution in [0.25, 0.3) is 0 Å². The lowest BCUT2D eigenvalue weighted by atomic mass is 9.99. The Morgan fingerprint density at radius 2 is 1.71 bits per heavy atom. The zero-order chi connectivity index (χ0) is 16.8. The highest BCUT2D eigenvalue weighted by Gasteiger charge is 2.15. The first kappa shape index (κ1) is 16.6. The van der Waals surface area contributed by atoms with Gasteiger partial charge in [-0.15, -0.1) is 0 Å². The smallest absolute Gasteiger partial charge is 0.224 e. The van der Waals surface area contributed by atoms with Crippen molar-refractivity contribution in [3.8, 4) is 0 Å². The number of piperidine rings is 1. The minimum atomic E-state index is 0.0680. The predicted molar refractivity (Wildman–Crippen MR) is 100 cm³/mol. The maximum absolute atomic E-state index is 12.1. The average molecular weight is 322 g/mol. The highest BCUT2D eigenvalue weighted by atomic mass is 16.1. The summed E-state index contributed by atoms with van der Waals surface area (Å²) in [6.45, 7) is 4.58. The Morgan fingerprint density at radius 1 is 1.04 bits per heavy atom. The van der Waals surface area contributed by atoms with E-state index in [-0.39, 0.29) is 5.91 Å². The summed E-state index contributed by atoms with van der Waals surface area (Å²) in [6.07, 6.45) is 3.81. The van der Waals surface area contributed by atoms with Gasteiger partial charge < -0.3 is 10.2 Å². The Hall–Kier alpha value is -2.29. The van der Waals surface area contributed by atoms with Gasteiger partial charge in [0.1, 0.15) is 0 Å². The molecule has 0 spiro atoms. The Bertz CT molecular complexity index is 643. The molecule has 126 valence electrons. The summed E-state index contributed by atoms with van der Waals surface area (Å²) in [5, 5.41) is 2.99. The summed E-state index contributed by atoms with van der Waals surface area (Å²) in [5.41, 5.74) is 3.33. The van der Waals surface area contributed by atoms with E-state index in [2.05, 4.69) is 41.4 Å². The Labute approximate surface area is 144 Å². The second-order valence-corrected chi connectivity index (χ2v) is 6.75. The molecule has 24 heavy (non-hydrogen) atoms. The molecule has 0 radical (unpaired) electrons. The third-order valence-electron chi connectivity index (χ3n) is 4.78. The van der Waals surface area contributed by atoms with Crippen LogP contribution in [0.2, 0.25) is 0 Å². The normalized spacial score (nSPS) is 15.3. The van der Waals surface area contributed by atoms with Gasteiger partial charge >= 0.3 is 0 Å². The lowest BCUT2D eigenvalue weighted by Crippen LogP contribution is -2.32. The molecule has 3 nitrogen and oxygen atoms in total. The third kappa shape index (κ3) is 4.60. The zero-order valence-electron chi connectivity index (χ0n) is 14.4. The number of anilines is 2. The summed E-state index contributed by atoms with van der Waals surface area (Å²) in [4.78, 5) is 14.5. The van der Waals surface area contributed by atoms with Crippen LogP contribution in [-0.2, 0) is 11.2 Å². The van der Waals surface area contributed by atoms with Crippen molar-refractivity contribution >= 4 is 17.3 Å². The number of amides is 1. The highest BCUT2D eigenvalue weighted by molar-refractivity contribution is 5.91. The van der Waals surface area contributed by atoms with Crippen molar-refractivity contribution in [3.63, 3.8) is 0 Å². The van der Waals surface area contributed by atoms with Crippen LogP contribution in [0.15, 0.2) is 54.6 Å². The van der Waals surface area contributed by atoms with Crippen molar-refractivity contribution in [1.29, 1.82) is 0 Å². The second-order valence-electron chi connectivity index (χ2n) is 6.75. The Morgan fingerprint density at radius 3 is 2.38 bits per heavy atom. The summed E-state index contributed by atoms with van der Waals surface area (Å²) in [5.74, 6) is 0.905. The molecule has 3 rings (SSSR count). The van der Waals surface area contributed by atoms with Gasteiger partial charge in [-0.1, -0.05) is 37.3 Å². The first-order chi connectivity index (χ1) is 11.7. The number of carbonyl (C=O) groups is 1. The van der Waals surface area contributed by atoms with Gasteiger partial charge in [-0.25, -0.2) is 0 Å².